The van der Waals surface area contributed by atoms with E-state index in [4.69, 9.17) is 4.74 Å². The van der Waals surface area contributed by atoms with Crippen LogP contribution in [-0.2, 0) is 6.42 Å². The molecule has 0 fully saturated rings. The molecule has 0 aliphatic heterocycles. The number of hydrogen-bond donors (Lipinski definition) is 0. The highest BCUT2D eigenvalue weighted by atomic mass is 16.5. The average Bonchev–Trinajstić information content (AvgIpc) is 2.04. The predicted molar refractivity (Wildman–Crippen MR) is 44.9 cm³/mol. The average molecular weight is 151 g/mol. The third-order valence-corrected chi connectivity index (χ3v) is 1.75. The number of aromatic nitrogens is 1. The summed E-state index contributed by atoms with van der Waals surface area (Å²) in [6.07, 6.45) is 2.81. The van der Waals surface area contributed by atoms with Gasteiger partial charge in [-0.3, -0.25) is 4.98 Å². The summed E-state index contributed by atoms with van der Waals surface area (Å²) >= 11 is 0. The number of ether oxygens (including phenoxy) is 1. The molecule has 0 bridgehead atoms. The van der Waals surface area contributed by atoms with Crippen molar-refractivity contribution >= 4 is 0 Å². The van der Waals surface area contributed by atoms with Crippen molar-refractivity contribution in [2.75, 3.05) is 7.11 Å². The first-order valence-electron chi connectivity index (χ1n) is 3.78. The van der Waals surface area contributed by atoms with E-state index in [1.807, 2.05) is 19.2 Å². The van der Waals surface area contributed by atoms with Crippen LogP contribution in [0.3, 0.4) is 0 Å². The largest absolute Gasteiger partial charge is 0.495 e. The number of rotatable bonds is 2. The van der Waals surface area contributed by atoms with Crippen LogP contribution in [-0.4, -0.2) is 12.1 Å². The molecule has 0 aliphatic carbocycles. The summed E-state index contributed by atoms with van der Waals surface area (Å²) in [6.45, 7) is 4.06. The summed E-state index contributed by atoms with van der Waals surface area (Å²) in [5.41, 5.74) is 2.19. The van der Waals surface area contributed by atoms with E-state index >= 15 is 0 Å². The van der Waals surface area contributed by atoms with Crippen molar-refractivity contribution in [2.24, 2.45) is 0 Å². The highest BCUT2D eigenvalue weighted by Gasteiger charge is 2.03. The number of aryl methyl sites for hydroxylation is 2. The molecule has 0 atom stereocenters. The Morgan fingerprint density at radius 2 is 2.27 bits per heavy atom. The van der Waals surface area contributed by atoms with Gasteiger partial charge < -0.3 is 4.74 Å². The van der Waals surface area contributed by atoms with E-state index in [2.05, 4.69) is 11.9 Å². The van der Waals surface area contributed by atoms with Gasteiger partial charge in [0.25, 0.3) is 0 Å². The van der Waals surface area contributed by atoms with Gasteiger partial charge in [-0.1, -0.05) is 6.92 Å². The minimum atomic E-state index is 0.926. The zero-order valence-electron chi connectivity index (χ0n) is 7.22. The monoisotopic (exact) mass is 151 g/mol. The lowest BCUT2D eigenvalue weighted by Gasteiger charge is -2.07. The van der Waals surface area contributed by atoms with Crippen LogP contribution in [0.4, 0.5) is 0 Å². The van der Waals surface area contributed by atoms with Crippen molar-refractivity contribution in [2.45, 2.75) is 20.3 Å². The summed E-state index contributed by atoms with van der Waals surface area (Å²) in [5.74, 6) is 0.926. The van der Waals surface area contributed by atoms with Crippen molar-refractivity contribution in [1.82, 2.24) is 4.98 Å². The summed E-state index contributed by atoms with van der Waals surface area (Å²) in [6, 6.07) is 1.99. The Morgan fingerprint density at radius 1 is 1.55 bits per heavy atom. The lowest BCUT2D eigenvalue weighted by Crippen LogP contribution is -1.95. The van der Waals surface area contributed by atoms with Crippen LogP contribution in [0.2, 0.25) is 0 Å². The molecule has 11 heavy (non-hydrogen) atoms. The molecule has 1 heterocycles. The predicted octanol–water partition coefficient (Wildman–Crippen LogP) is 1.96. The van der Waals surface area contributed by atoms with Gasteiger partial charge in [0.2, 0.25) is 0 Å². The molecule has 0 spiro atoms. The van der Waals surface area contributed by atoms with E-state index in [1.54, 1.807) is 7.11 Å². The summed E-state index contributed by atoms with van der Waals surface area (Å²) in [7, 11) is 1.68. The van der Waals surface area contributed by atoms with Gasteiger partial charge in [0.1, 0.15) is 5.75 Å². The number of hydrogen-bond acceptors (Lipinski definition) is 2. The van der Waals surface area contributed by atoms with Gasteiger partial charge in [-0.2, -0.15) is 0 Å². The maximum absolute atomic E-state index is 5.20. The Bertz CT molecular complexity index is 245. The molecule has 1 aromatic rings. The molecule has 0 N–H and O–H groups in total. The quantitative estimate of drug-likeness (QED) is 0.644. The molecule has 0 aliphatic rings. The highest BCUT2D eigenvalue weighted by Crippen LogP contribution is 2.20. The molecule has 1 aromatic heterocycles. The third-order valence-electron chi connectivity index (χ3n) is 1.75. The number of methoxy groups -OCH3 is 1. The van der Waals surface area contributed by atoms with E-state index in [0.717, 1.165) is 17.9 Å². The minimum absolute atomic E-state index is 0.926. The lowest BCUT2D eigenvalue weighted by atomic mass is 10.1. The van der Waals surface area contributed by atoms with Gasteiger partial charge in [-0.15, -0.1) is 0 Å². The molecule has 0 unspecified atom stereocenters. The Balaban J connectivity index is 3.13. The van der Waals surface area contributed by atoms with Crippen LogP contribution in [0.15, 0.2) is 12.3 Å². The maximum Gasteiger partial charge on any atom is 0.143 e. The van der Waals surface area contributed by atoms with E-state index in [9.17, 15) is 0 Å². The Labute approximate surface area is 67.2 Å². The molecule has 2 nitrogen and oxygen atoms in total. The van der Waals surface area contributed by atoms with Crippen molar-refractivity contribution in [3.8, 4) is 5.75 Å². The molecular formula is C9H13NO. The first kappa shape index (κ1) is 8.05. The van der Waals surface area contributed by atoms with E-state index in [-0.39, 0.29) is 0 Å². The molecular weight excluding hydrogens is 138 g/mol. The van der Waals surface area contributed by atoms with Gasteiger partial charge in [-0.05, 0) is 25.0 Å². The fourth-order valence-corrected chi connectivity index (χ4v) is 1.16. The normalized spacial score (nSPS) is 9.73. The second kappa shape index (κ2) is 3.37. The van der Waals surface area contributed by atoms with Crippen LogP contribution in [0.5, 0.6) is 5.75 Å². The van der Waals surface area contributed by atoms with Gasteiger partial charge in [0.15, 0.2) is 0 Å². The number of pyridine rings is 1. The Kier molecular flexibility index (Phi) is 2.47. The first-order valence-corrected chi connectivity index (χ1v) is 3.78. The summed E-state index contributed by atoms with van der Waals surface area (Å²) in [4.78, 5) is 4.13. The second-order valence-corrected chi connectivity index (χ2v) is 2.44. The fourth-order valence-electron chi connectivity index (χ4n) is 1.16. The van der Waals surface area contributed by atoms with E-state index in [1.165, 1.54) is 5.56 Å². The zero-order valence-corrected chi connectivity index (χ0v) is 7.22. The van der Waals surface area contributed by atoms with Crippen LogP contribution >= 0.6 is 0 Å². The van der Waals surface area contributed by atoms with Crippen LogP contribution in [0.25, 0.3) is 0 Å². The van der Waals surface area contributed by atoms with Crippen molar-refractivity contribution in [1.29, 1.82) is 0 Å². The zero-order chi connectivity index (χ0) is 8.27. The highest BCUT2D eigenvalue weighted by molar-refractivity contribution is 5.35. The first-order chi connectivity index (χ1) is 5.29. The van der Waals surface area contributed by atoms with Gasteiger partial charge in [0.05, 0.1) is 12.8 Å². The molecule has 0 aromatic carbocycles. The Hall–Kier alpha value is -1.05. The molecule has 0 radical (unpaired) electrons. The molecule has 2 heteroatoms. The lowest BCUT2D eigenvalue weighted by molar-refractivity contribution is 0.404. The topological polar surface area (TPSA) is 22.1 Å². The van der Waals surface area contributed by atoms with Crippen LogP contribution < -0.4 is 4.74 Å². The maximum atomic E-state index is 5.20. The smallest absolute Gasteiger partial charge is 0.143 e. The van der Waals surface area contributed by atoms with Crippen molar-refractivity contribution < 1.29 is 4.74 Å². The third kappa shape index (κ3) is 1.50. The molecule has 60 valence electrons. The van der Waals surface area contributed by atoms with Gasteiger partial charge in [-0.25, -0.2) is 0 Å². The number of nitrogens with zero attached hydrogens (tertiary/aromatic N) is 1. The van der Waals surface area contributed by atoms with E-state index in [0.29, 0.717) is 0 Å². The minimum Gasteiger partial charge on any atom is -0.495 e. The standard InChI is InChI=1S/C9H13NO/c1-4-8-5-6-10-7(2)9(8)11-3/h5-6H,4H2,1-3H3. The second-order valence-electron chi connectivity index (χ2n) is 2.44. The van der Waals surface area contributed by atoms with Gasteiger partial charge >= 0.3 is 0 Å². The summed E-state index contributed by atoms with van der Waals surface area (Å²) in [5, 5.41) is 0. The van der Waals surface area contributed by atoms with Crippen LogP contribution in [0, 0.1) is 6.92 Å². The van der Waals surface area contributed by atoms with Crippen LogP contribution in [0.1, 0.15) is 18.2 Å². The SMILES string of the molecule is CCc1ccnc(C)c1OC. The van der Waals surface area contributed by atoms with E-state index < -0.39 is 0 Å². The molecule has 0 saturated heterocycles. The molecule has 0 saturated carbocycles. The Morgan fingerprint density at radius 3 is 2.73 bits per heavy atom. The van der Waals surface area contributed by atoms with Crippen molar-refractivity contribution in [3.05, 3.63) is 23.5 Å². The van der Waals surface area contributed by atoms with Crippen molar-refractivity contribution in [3.63, 3.8) is 0 Å². The summed E-state index contributed by atoms with van der Waals surface area (Å²) < 4.78 is 5.20. The molecule has 1 rings (SSSR count). The fraction of sp³-hybridized carbons (Fsp3) is 0.444. The van der Waals surface area contributed by atoms with Gasteiger partial charge in [0, 0.05) is 6.20 Å². The molecule has 0 amide bonds.